The Kier molecular flexibility index (Phi) is 8.19. The summed E-state index contributed by atoms with van der Waals surface area (Å²) in [6, 6.07) is 10.1. The third kappa shape index (κ3) is 5.97. The smallest absolute Gasteiger partial charge is 0.238 e. The third-order valence-corrected chi connectivity index (χ3v) is 5.76. The van der Waals surface area contributed by atoms with Crippen molar-refractivity contribution >= 4 is 45.1 Å². The van der Waals surface area contributed by atoms with E-state index in [0.717, 1.165) is 26.2 Å². The second-order valence-electron chi connectivity index (χ2n) is 7.87. The predicted octanol–water partition coefficient (Wildman–Crippen LogP) is 3.51. The van der Waals surface area contributed by atoms with Gasteiger partial charge in [-0.1, -0.05) is 27.7 Å². The van der Waals surface area contributed by atoms with Gasteiger partial charge in [0.2, 0.25) is 17.2 Å². The van der Waals surface area contributed by atoms with Crippen LogP contribution in [0.2, 0.25) is 0 Å². The number of likely N-dealkylation sites (N-methyl/N-ethyl adjacent to an activating group) is 2. The van der Waals surface area contributed by atoms with Gasteiger partial charge >= 0.3 is 0 Å². The van der Waals surface area contributed by atoms with Crippen LogP contribution in [0, 0.1) is 0 Å². The molecule has 2 amide bonds. The molecule has 0 saturated heterocycles. The number of nitrogens with zero attached hydrogens (tertiary/aromatic N) is 2. The molecule has 0 fully saturated rings. The quantitative estimate of drug-likeness (QED) is 0.457. The maximum Gasteiger partial charge on any atom is 0.238 e. The normalized spacial score (nSPS) is 11.5. The van der Waals surface area contributed by atoms with Crippen molar-refractivity contribution in [3.63, 3.8) is 0 Å². The van der Waals surface area contributed by atoms with Gasteiger partial charge in [-0.15, -0.1) is 0 Å². The summed E-state index contributed by atoms with van der Waals surface area (Å²) in [6.07, 6.45) is 0. The average Bonchev–Trinajstić information content (AvgIpc) is 2.81. The lowest BCUT2D eigenvalue weighted by atomic mass is 10.1. The summed E-state index contributed by atoms with van der Waals surface area (Å²) in [7, 11) is 0. The van der Waals surface area contributed by atoms with Gasteiger partial charge in [0.15, 0.2) is 0 Å². The molecular weight excluding hydrogens is 420 g/mol. The standard InChI is InChI=1S/C25H32N4O4/c1-5-28(6-2)15-23(30)26-17-9-11-21-19(13-17)25(32)20-14-18(10-12-22(20)33-21)27-24(31)16-29(7-3)8-4/h9-14H,5-8,15-16H2,1-4H3,(H,26,30)(H,27,31). The van der Waals surface area contributed by atoms with Gasteiger partial charge in [-0.25, -0.2) is 0 Å². The van der Waals surface area contributed by atoms with Gasteiger partial charge in [-0.3, -0.25) is 24.2 Å². The van der Waals surface area contributed by atoms with E-state index in [9.17, 15) is 14.4 Å². The number of carbonyl (C=O) groups is 2. The number of carbonyl (C=O) groups excluding carboxylic acids is 2. The molecule has 1 aromatic heterocycles. The highest BCUT2D eigenvalue weighted by Gasteiger charge is 2.13. The molecule has 2 aromatic carbocycles. The van der Waals surface area contributed by atoms with Crippen molar-refractivity contribution in [3.8, 4) is 0 Å². The lowest BCUT2D eigenvalue weighted by Gasteiger charge is -2.17. The van der Waals surface area contributed by atoms with Crippen LogP contribution in [-0.2, 0) is 9.59 Å². The van der Waals surface area contributed by atoms with Gasteiger partial charge in [0.05, 0.1) is 23.9 Å². The number of benzene rings is 2. The fourth-order valence-electron chi connectivity index (χ4n) is 3.71. The molecule has 0 aliphatic carbocycles. The lowest BCUT2D eigenvalue weighted by molar-refractivity contribution is -0.118. The average molecular weight is 453 g/mol. The molecular formula is C25H32N4O4. The van der Waals surface area contributed by atoms with Gasteiger partial charge < -0.3 is 15.1 Å². The Labute approximate surface area is 193 Å². The first-order chi connectivity index (χ1) is 15.9. The maximum absolute atomic E-state index is 13.2. The zero-order valence-electron chi connectivity index (χ0n) is 19.7. The summed E-state index contributed by atoms with van der Waals surface area (Å²) < 4.78 is 5.90. The van der Waals surface area contributed by atoms with E-state index in [-0.39, 0.29) is 30.3 Å². The molecule has 0 radical (unpaired) electrons. The van der Waals surface area contributed by atoms with Crippen molar-refractivity contribution in [1.82, 2.24) is 9.80 Å². The van der Waals surface area contributed by atoms with Crippen LogP contribution in [0.3, 0.4) is 0 Å². The number of anilines is 2. The van der Waals surface area contributed by atoms with Crippen molar-refractivity contribution < 1.29 is 14.0 Å². The van der Waals surface area contributed by atoms with E-state index < -0.39 is 0 Å². The predicted molar refractivity (Wildman–Crippen MR) is 133 cm³/mol. The monoisotopic (exact) mass is 452 g/mol. The SMILES string of the molecule is CCN(CC)CC(=O)Nc1ccc2oc3ccc(NC(=O)CN(CC)CC)cc3c(=O)c2c1. The van der Waals surface area contributed by atoms with Gasteiger partial charge in [0, 0.05) is 11.4 Å². The van der Waals surface area contributed by atoms with Gasteiger partial charge in [0.25, 0.3) is 0 Å². The third-order valence-electron chi connectivity index (χ3n) is 5.76. The van der Waals surface area contributed by atoms with Crippen molar-refractivity contribution in [2.45, 2.75) is 27.7 Å². The topological polar surface area (TPSA) is 94.9 Å². The van der Waals surface area contributed by atoms with Crippen LogP contribution in [0.15, 0.2) is 45.6 Å². The van der Waals surface area contributed by atoms with Crippen molar-refractivity contribution in [2.75, 3.05) is 49.9 Å². The van der Waals surface area contributed by atoms with Crippen LogP contribution >= 0.6 is 0 Å². The lowest BCUT2D eigenvalue weighted by Crippen LogP contribution is -2.32. The summed E-state index contributed by atoms with van der Waals surface area (Å²) in [5.41, 5.74) is 1.73. The van der Waals surface area contributed by atoms with E-state index in [0.29, 0.717) is 33.3 Å². The Hall–Kier alpha value is -3.23. The summed E-state index contributed by atoms with van der Waals surface area (Å²) in [6.45, 7) is 11.7. The van der Waals surface area contributed by atoms with Crippen LogP contribution in [-0.4, -0.2) is 60.9 Å². The molecule has 0 aliphatic rings. The van der Waals surface area contributed by atoms with Crippen molar-refractivity contribution in [1.29, 1.82) is 0 Å². The Bertz CT molecular complexity index is 1110. The van der Waals surface area contributed by atoms with E-state index >= 15 is 0 Å². The van der Waals surface area contributed by atoms with Gasteiger partial charge in [0.1, 0.15) is 11.2 Å². The maximum atomic E-state index is 13.2. The summed E-state index contributed by atoms with van der Waals surface area (Å²) >= 11 is 0. The van der Waals surface area contributed by atoms with Crippen LogP contribution in [0.1, 0.15) is 27.7 Å². The molecule has 0 spiro atoms. The summed E-state index contributed by atoms with van der Waals surface area (Å²) in [5.74, 6) is -0.275. The number of amides is 2. The number of fused-ring (bicyclic) bond motifs is 2. The van der Waals surface area contributed by atoms with Crippen molar-refractivity contribution in [2.24, 2.45) is 0 Å². The van der Waals surface area contributed by atoms with Crippen LogP contribution < -0.4 is 16.1 Å². The minimum absolute atomic E-state index is 0.138. The molecule has 0 atom stereocenters. The number of rotatable bonds is 10. The van der Waals surface area contributed by atoms with E-state index in [1.54, 1.807) is 36.4 Å². The zero-order chi connectivity index (χ0) is 24.0. The first-order valence-corrected chi connectivity index (χ1v) is 11.4. The highest BCUT2D eigenvalue weighted by atomic mass is 16.3. The Morgan fingerprint density at radius 3 is 1.48 bits per heavy atom. The molecule has 3 aromatic rings. The first kappa shape index (κ1) is 24.4. The van der Waals surface area contributed by atoms with Crippen LogP contribution in [0.25, 0.3) is 21.9 Å². The Balaban J connectivity index is 1.87. The minimum Gasteiger partial charge on any atom is -0.456 e. The van der Waals surface area contributed by atoms with Gasteiger partial charge in [-0.05, 0) is 62.6 Å². The van der Waals surface area contributed by atoms with Crippen LogP contribution in [0.5, 0.6) is 0 Å². The molecule has 176 valence electrons. The highest BCUT2D eigenvalue weighted by Crippen LogP contribution is 2.24. The number of nitrogens with one attached hydrogen (secondary N) is 2. The number of hydrogen-bond acceptors (Lipinski definition) is 6. The first-order valence-electron chi connectivity index (χ1n) is 11.4. The molecule has 2 N–H and O–H groups in total. The van der Waals surface area contributed by atoms with E-state index in [1.165, 1.54) is 0 Å². The molecule has 1 heterocycles. The fourth-order valence-corrected chi connectivity index (χ4v) is 3.71. The zero-order valence-corrected chi connectivity index (χ0v) is 19.7. The fraction of sp³-hybridized carbons (Fsp3) is 0.400. The molecule has 3 rings (SSSR count). The second-order valence-corrected chi connectivity index (χ2v) is 7.87. The van der Waals surface area contributed by atoms with Crippen molar-refractivity contribution in [3.05, 3.63) is 46.6 Å². The van der Waals surface area contributed by atoms with Gasteiger partial charge in [-0.2, -0.15) is 0 Å². The molecule has 33 heavy (non-hydrogen) atoms. The molecule has 8 nitrogen and oxygen atoms in total. The summed E-state index contributed by atoms with van der Waals surface area (Å²) in [5, 5.41) is 6.44. The van der Waals surface area contributed by atoms with E-state index in [2.05, 4.69) is 10.6 Å². The molecule has 8 heteroatoms. The molecule has 0 aliphatic heterocycles. The van der Waals surface area contributed by atoms with E-state index in [1.807, 2.05) is 37.5 Å². The Morgan fingerprint density at radius 2 is 1.12 bits per heavy atom. The largest absolute Gasteiger partial charge is 0.456 e. The van der Waals surface area contributed by atoms with E-state index in [4.69, 9.17) is 4.42 Å². The second kappa shape index (κ2) is 11.1. The molecule has 0 bridgehead atoms. The highest BCUT2D eigenvalue weighted by molar-refractivity contribution is 5.98. The van der Waals surface area contributed by atoms with Crippen LogP contribution in [0.4, 0.5) is 11.4 Å². The minimum atomic E-state index is -0.217. The summed E-state index contributed by atoms with van der Waals surface area (Å²) in [4.78, 5) is 41.9. The molecule has 0 unspecified atom stereocenters. The molecule has 0 saturated carbocycles. The number of hydrogen-bond donors (Lipinski definition) is 2. The Morgan fingerprint density at radius 1 is 0.727 bits per heavy atom.